The molecule has 0 N–H and O–H groups in total. The van der Waals surface area contributed by atoms with Crippen LogP contribution in [0.3, 0.4) is 0 Å². The third-order valence-electron chi connectivity index (χ3n) is 6.38. The molecule has 156 valence electrons. The number of hydrogen-bond donors (Lipinski definition) is 0. The van der Waals surface area contributed by atoms with Gasteiger partial charge in [0.15, 0.2) is 5.82 Å². The monoisotopic (exact) mass is 444 g/mol. The molecule has 1 saturated heterocycles. The standard InChI is InChI=1S/C24H23Cl2FN2O/c25-21-13-19(22(26)23(27)20(21)14-28)16-8-6-15(7-9-16)12-17-10-11-29(24(17)30)18-4-2-1-3-5-18/h6-9,13,17-18H,1-5,10-12H2. The summed E-state index contributed by atoms with van der Waals surface area (Å²) in [5.41, 5.74) is 1.99. The Morgan fingerprint density at radius 3 is 2.47 bits per heavy atom. The molecule has 1 heterocycles. The molecule has 1 unspecified atom stereocenters. The third kappa shape index (κ3) is 4.06. The zero-order chi connectivity index (χ0) is 21.3. The van der Waals surface area contributed by atoms with Gasteiger partial charge in [-0.15, -0.1) is 0 Å². The Hall–Kier alpha value is -2.09. The zero-order valence-corrected chi connectivity index (χ0v) is 18.1. The summed E-state index contributed by atoms with van der Waals surface area (Å²) in [7, 11) is 0. The fourth-order valence-corrected chi connectivity index (χ4v) is 5.21. The molecule has 2 fully saturated rings. The van der Waals surface area contributed by atoms with Crippen LogP contribution in [0.4, 0.5) is 4.39 Å². The quantitative estimate of drug-likeness (QED) is 0.512. The number of carbonyl (C=O) groups is 1. The molecule has 2 aromatic carbocycles. The summed E-state index contributed by atoms with van der Waals surface area (Å²) in [5, 5.41) is 8.94. The number of nitrogens with zero attached hydrogens (tertiary/aromatic N) is 2. The molecule has 2 aliphatic rings. The van der Waals surface area contributed by atoms with Crippen molar-refractivity contribution in [3.63, 3.8) is 0 Å². The normalized spacial score (nSPS) is 19.9. The molecular formula is C24H23Cl2FN2O. The molecule has 0 spiro atoms. The Morgan fingerprint density at radius 2 is 1.80 bits per heavy atom. The first-order valence-corrected chi connectivity index (χ1v) is 11.2. The first-order valence-electron chi connectivity index (χ1n) is 10.5. The van der Waals surface area contributed by atoms with E-state index in [1.165, 1.54) is 25.3 Å². The van der Waals surface area contributed by atoms with E-state index in [1.807, 2.05) is 24.3 Å². The summed E-state index contributed by atoms with van der Waals surface area (Å²) < 4.78 is 14.3. The Labute approximate surface area is 186 Å². The van der Waals surface area contributed by atoms with E-state index >= 15 is 0 Å². The fraction of sp³-hybridized carbons (Fsp3) is 0.417. The first-order chi connectivity index (χ1) is 14.5. The van der Waals surface area contributed by atoms with Gasteiger partial charge in [0, 0.05) is 24.1 Å². The van der Waals surface area contributed by atoms with Crippen molar-refractivity contribution >= 4 is 29.1 Å². The highest BCUT2D eigenvalue weighted by atomic mass is 35.5. The van der Waals surface area contributed by atoms with Crippen molar-refractivity contribution in [2.45, 2.75) is 51.0 Å². The number of rotatable bonds is 4. The van der Waals surface area contributed by atoms with Gasteiger partial charge in [-0.2, -0.15) is 5.26 Å². The lowest BCUT2D eigenvalue weighted by Crippen LogP contribution is -2.39. The average Bonchev–Trinajstić information content (AvgIpc) is 3.12. The average molecular weight is 445 g/mol. The molecule has 1 saturated carbocycles. The minimum absolute atomic E-state index is 0.0307. The predicted octanol–water partition coefficient (Wildman–Crippen LogP) is 6.39. The van der Waals surface area contributed by atoms with Gasteiger partial charge in [0.2, 0.25) is 5.91 Å². The van der Waals surface area contributed by atoms with E-state index in [1.54, 1.807) is 6.07 Å². The highest BCUT2D eigenvalue weighted by molar-refractivity contribution is 6.36. The maximum absolute atomic E-state index is 14.3. The van der Waals surface area contributed by atoms with Gasteiger partial charge in [-0.1, -0.05) is 66.7 Å². The van der Waals surface area contributed by atoms with Crippen LogP contribution in [-0.2, 0) is 11.2 Å². The Morgan fingerprint density at radius 1 is 1.10 bits per heavy atom. The summed E-state index contributed by atoms with van der Waals surface area (Å²) in [6.07, 6.45) is 7.62. The van der Waals surface area contributed by atoms with Gasteiger partial charge in [-0.25, -0.2) is 4.39 Å². The molecule has 4 rings (SSSR count). The van der Waals surface area contributed by atoms with Crippen molar-refractivity contribution in [1.82, 2.24) is 4.90 Å². The van der Waals surface area contributed by atoms with E-state index < -0.39 is 5.82 Å². The number of amides is 1. The number of halogens is 3. The van der Waals surface area contributed by atoms with Crippen LogP contribution < -0.4 is 0 Å². The highest BCUT2D eigenvalue weighted by Crippen LogP contribution is 2.36. The summed E-state index contributed by atoms with van der Waals surface area (Å²) in [5.74, 6) is -0.483. The molecule has 2 aromatic rings. The van der Waals surface area contributed by atoms with E-state index in [0.717, 1.165) is 36.9 Å². The minimum Gasteiger partial charge on any atom is -0.339 e. The molecule has 1 atom stereocenters. The topological polar surface area (TPSA) is 44.1 Å². The van der Waals surface area contributed by atoms with Crippen LogP contribution in [0, 0.1) is 23.1 Å². The lowest BCUT2D eigenvalue weighted by atomic mass is 9.93. The van der Waals surface area contributed by atoms with Crippen molar-refractivity contribution in [3.8, 4) is 17.2 Å². The van der Waals surface area contributed by atoms with Crippen LogP contribution >= 0.6 is 23.2 Å². The second-order valence-corrected chi connectivity index (χ2v) is 9.02. The van der Waals surface area contributed by atoms with Crippen LogP contribution in [0.5, 0.6) is 0 Å². The van der Waals surface area contributed by atoms with Gasteiger partial charge >= 0.3 is 0 Å². The van der Waals surface area contributed by atoms with E-state index in [-0.39, 0.29) is 27.4 Å². The minimum atomic E-state index is -0.801. The van der Waals surface area contributed by atoms with Gasteiger partial charge in [0.05, 0.1) is 10.0 Å². The van der Waals surface area contributed by atoms with Crippen molar-refractivity contribution in [1.29, 1.82) is 5.26 Å². The van der Waals surface area contributed by atoms with Crippen LogP contribution in [-0.4, -0.2) is 23.4 Å². The van der Waals surface area contributed by atoms with Gasteiger partial charge in [-0.05, 0) is 42.9 Å². The van der Waals surface area contributed by atoms with Crippen molar-refractivity contribution in [3.05, 3.63) is 57.3 Å². The molecule has 1 amide bonds. The Kier molecular flexibility index (Phi) is 6.32. The molecule has 0 bridgehead atoms. The van der Waals surface area contributed by atoms with Crippen LogP contribution in [0.15, 0.2) is 30.3 Å². The third-order valence-corrected chi connectivity index (χ3v) is 7.05. The van der Waals surface area contributed by atoms with Gasteiger partial charge in [-0.3, -0.25) is 4.79 Å². The Balaban J connectivity index is 1.47. The maximum Gasteiger partial charge on any atom is 0.226 e. The highest BCUT2D eigenvalue weighted by Gasteiger charge is 2.36. The molecule has 6 heteroatoms. The summed E-state index contributed by atoms with van der Waals surface area (Å²) in [4.78, 5) is 15.0. The number of nitriles is 1. The number of benzene rings is 2. The summed E-state index contributed by atoms with van der Waals surface area (Å²) in [6.45, 7) is 0.866. The van der Waals surface area contributed by atoms with Gasteiger partial charge in [0.1, 0.15) is 11.6 Å². The molecule has 0 aromatic heterocycles. The van der Waals surface area contributed by atoms with Crippen molar-refractivity contribution in [2.24, 2.45) is 5.92 Å². The van der Waals surface area contributed by atoms with Crippen LogP contribution in [0.25, 0.3) is 11.1 Å². The van der Waals surface area contributed by atoms with Crippen molar-refractivity contribution < 1.29 is 9.18 Å². The van der Waals surface area contributed by atoms with Crippen LogP contribution in [0.1, 0.15) is 49.7 Å². The van der Waals surface area contributed by atoms with Crippen molar-refractivity contribution in [2.75, 3.05) is 6.54 Å². The molecule has 3 nitrogen and oxygen atoms in total. The number of hydrogen-bond acceptors (Lipinski definition) is 2. The predicted molar refractivity (Wildman–Crippen MR) is 117 cm³/mol. The second kappa shape index (κ2) is 8.96. The lowest BCUT2D eigenvalue weighted by molar-refractivity contribution is -0.133. The number of carbonyl (C=O) groups excluding carboxylic acids is 1. The molecule has 0 radical (unpaired) electrons. The second-order valence-electron chi connectivity index (χ2n) is 8.23. The van der Waals surface area contributed by atoms with Gasteiger partial charge in [0.25, 0.3) is 0 Å². The first kappa shape index (κ1) is 21.2. The summed E-state index contributed by atoms with van der Waals surface area (Å²) >= 11 is 12.2. The van der Waals surface area contributed by atoms with Gasteiger partial charge < -0.3 is 4.90 Å². The molecular weight excluding hydrogens is 422 g/mol. The number of likely N-dealkylation sites (tertiary alicyclic amines) is 1. The fourth-order valence-electron chi connectivity index (χ4n) is 4.72. The molecule has 1 aliphatic carbocycles. The van der Waals surface area contributed by atoms with Crippen LogP contribution in [0.2, 0.25) is 10.0 Å². The largest absolute Gasteiger partial charge is 0.339 e. The smallest absolute Gasteiger partial charge is 0.226 e. The molecule has 1 aliphatic heterocycles. The molecule has 30 heavy (non-hydrogen) atoms. The van der Waals surface area contributed by atoms with E-state index in [0.29, 0.717) is 18.0 Å². The van der Waals surface area contributed by atoms with E-state index in [4.69, 9.17) is 28.5 Å². The lowest BCUT2D eigenvalue weighted by Gasteiger charge is -2.31. The van der Waals surface area contributed by atoms with E-state index in [9.17, 15) is 9.18 Å². The SMILES string of the molecule is N#Cc1c(Cl)cc(-c2ccc(CC3CCN(C4CCCCC4)C3=O)cc2)c(Cl)c1F. The maximum atomic E-state index is 14.3. The van der Waals surface area contributed by atoms with E-state index in [2.05, 4.69) is 4.90 Å². The zero-order valence-electron chi connectivity index (χ0n) is 16.6. The Bertz CT molecular complexity index is 994. The summed E-state index contributed by atoms with van der Waals surface area (Å²) in [6, 6.07) is 11.3.